The number of phenolic OH excluding ortho intramolecular Hbond substituents is 2. The number of allylic oxidation sites excluding steroid dienone is 4. The van der Waals surface area contributed by atoms with Crippen LogP contribution in [-0.4, -0.2) is 21.8 Å². The molecule has 2 rings (SSSR count). The lowest BCUT2D eigenvalue weighted by atomic mass is 9.78. The van der Waals surface area contributed by atoms with Crippen LogP contribution in [0.15, 0.2) is 29.9 Å². The summed E-state index contributed by atoms with van der Waals surface area (Å²) in [6, 6.07) is 2.80. The van der Waals surface area contributed by atoms with Crippen LogP contribution < -0.4 is 0 Å². The Morgan fingerprint density at radius 3 is 1.83 bits per heavy atom. The maximum atomic E-state index is 12.5. The van der Waals surface area contributed by atoms with Crippen LogP contribution in [0.4, 0.5) is 0 Å². The van der Waals surface area contributed by atoms with E-state index in [2.05, 4.69) is 0 Å². The quantitative estimate of drug-likeness (QED) is 0.605. The van der Waals surface area contributed by atoms with Crippen LogP contribution in [0.5, 0.6) is 11.5 Å². The molecule has 1 aromatic carbocycles. The normalized spacial score (nSPS) is 16.1. The van der Waals surface area contributed by atoms with Gasteiger partial charge in [-0.3, -0.25) is 9.59 Å². The third-order valence-electron chi connectivity index (χ3n) is 4.10. The zero-order chi connectivity index (χ0) is 18.4. The number of carbonyl (C=O) groups is 2. The zero-order valence-electron chi connectivity index (χ0n) is 15.0. The third-order valence-corrected chi connectivity index (χ3v) is 4.10. The van der Waals surface area contributed by atoms with E-state index in [0.29, 0.717) is 11.1 Å². The summed E-state index contributed by atoms with van der Waals surface area (Å²) in [6.07, 6.45) is 2.57. The molecule has 2 N–H and O–H groups in total. The van der Waals surface area contributed by atoms with Gasteiger partial charge in [-0.25, -0.2) is 0 Å². The van der Waals surface area contributed by atoms with Crippen LogP contribution >= 0.6 is 0 Å². The average molecular weight is 328 g/mol. The molecule has 1 aliphatic carbocycles. The highest BCUT2D eigenvalue weighted by atomic mass is 16.3. The molecular formula is C20H24O4. The SMILES string of the molecule is CC(C)(C)C1=CC(=O)C(c2cc(O)c(C(C)(C)C)cc2O)=CC1=O. The first-order valence-electron chi connectivity index (χ1n) is 7.91. The van der Waals surface area contributed by atoms with Crippen LogP contribution in [0, 0.1) is 5.41 Å². The first kappa shape index (κ1) is 18.0. The molecule has 0 saturated heterocycles. The number of carbonyl (C=O) groups excluding carboxylic acids is 2. The van der Waals surface area contributed by atoms with Crippen molar-refractivity contribution in [3.05, 3.63) is 41.0 Å². The van der Waals surface area contributed by atoms with Crippen molar-refractivity contribution >= 4 is 17.1 Å². The van der Waals surface area contributed by atoms with Crippen molar-refractivity contribution in [2.75, 3.05) is 0 Å². The van der Waals surface area contributed by atoms with E-state index in [1.54, 1.807) is 0 Å². The molecular weight excluding hydrogens is 304 g/mol. The van der Waals surface area contributed by atoms with E-state index in [0.717, 1.165) is 0 Å². The van der Waals surface area contributed by atoms with Crippen LogP contribution in [0.25, 0.3) is 5.57 Å². The molecule has 0 spiro atoms. The molecule has 0 atom stereocenters. The fourth-order valence-corrected chi connectivity index (χ4v) is 2.75. The second-order valence-electron chi connectivity index (χ2n) is 8.23. The van der Waals surface area contributed by atoms with Gasteiger partial charge in [-0.1, -0.05) is 41.5 Å². The number of rotatable bonds is 1. The van der Waals surface area contributed by atoms with E-state index >= 15 is 0 Å². The number of aromatic hydroxyl groups is 2. The van der Waals surface area contributed by atoms with Crippen molar-refractivity contribution in [1.29, 1.82) is 0 Å². The van der Waals surface area contributed by atoms with Crippen molar-refractivity contribution in [3.63, 3.8) is 0 Å². The molecule has 0 saturated carbocycles. The highest BCUT2D eigenvalue weighted by Crippen LogP contribution is 2.40. The second kappa shape index (κ2) is 5.62. The molecule has 1 aromatic rings. The van der Waals surface area contributed by atoms with Crippen molar-refractivity contribution in [1.82, 2.24) is 0 Å². The zero-order valence-corrected chi connectivity index (χ0v) is 15.0. The summed E-state index contributed by atoms with van der Waals surface area (Å²) < 4.78 is 0. The highest BCUT2D eigenvalue weighted by Gasteiger charge is 2.30. The largest absolute Gasteiger partial charge is 0.508 e. The third kappa shape index (κ3) is 3.28. The number of ketones is 2. The molecule has 0 heterocycles. The molecule has 1 aliphatic rings. The Morgan fingerprint density at radius 1 is 0.750 bits per heavy atom. The number of phenols is 2. The molecule has 128 valence electrons. The molecule has 0 radical (unpaired) electrons. The maximum Gasteiger partial charge on any atom is 0.187 e. The Bertz CT molecular complexity index is 781. The van der Waals surface area contributed by atoms with Crippen molar-refractivity contribution in [2.45, 2.75) is 47.0 Å². The molecule has 0 aromatic heterocycles. The Morgan fingerprint density at radius 2 is 1.33 bits per heavy atom. The number of benzene rings is 1. The van der Waals surface area contributed by atoms with Gasteiger partial charge in [0.1, 0.15) is 11.5 Å². The van der Waals surface area contributed by atoms with Gasteiger partial charge in [0.25, 0.3) is 0 Å². The Labute approximate surface area is 142 Å². The van der Waals surface area contributed by atoms with Gasteiger partial charge >= 0.3 is 0 Å². The van der Waals surface area contributed by atoms with Gasteiger partial charge in [-0.05, 0) is 35.1 Å². The minimum Gasteiger partial charge on any atom is -0.508 e. The van der Waals surface area contributed by atoms with E-state index in [4.69, 9.17) is 0 Å². The van der Waals surface area contributed by atoms with Gasteiger partial charge in [0.05, 0.1) is 0 Å². The van der Waals surface area contributed by atoms with Crippen molar-refractivity contribution in [2.24, 2.45) is 5.41 Å². The summed E-state index contributed by atoms with van der Waals surface area (Å²) in [5, 5.41) is 20.6. The summed E-state index contributed by atoms with van der Waals surface area (Å²) in [6.45, 7) is 11.3. The monoisotopic (exact) mass is 328 g/mol. The molecule has 0 aliphatic heterocycles. The average Bonchev–Trinajstić information content (AvgIpc) is 2.41. The lowest BCUT2D eigenvalue weighted by Crippen LogP contribution is -2.22. The first-order chi connectivity index (χ1) is 10.8. The van der Waals surface area contributed by atoms with Gasteiger partial charge in [-0.2, -0.15) is 0 Å². The van der Waals surface area contributed by atoms with E-state index in [9.17, 15) is 19.8 Å². The molecule has 0 fully saturated rings. The van der Waals surface area contributed by atoms with Crippen LogP contribution in [-0.2, 0) is 15.0 Å². The van der Waals surface area contributed by atoms with Gasteiger partial charge in [0.15, 0.2) is 11.6 Å². The summed E-state index contributed by atoms with van der Waals surface area (Å²) >= 11 is 0. The summed E-state index contributed by atoms with van der Waals surface area (Å²) in [4.78, 5) is 24.8. The molecule has 4 heteroatoms. The Hall–Kier alpha value is -2.36. The van der Waals surface area contributed by atoms with Gasteiger partial charge in [-0.15, -0.1) is 0 Å². The maximum absolute atomic E-state index is 12.5. The standard InChI is InChI=1S/C20H24O4/c1-19(2,3)13-9-15(21)11(7-17(13)23)12-8-18(24)14(10-16(12)22)20(4,5)6/h7-10,21,23H,1-6H3. The highest BCUT2D eigenvalue weighted by molar-refractivity contribution is 6.35. The summed E-state index contributed by atoms with van der Waals surface area (Å²) in [5.41, 5.74) is 0.482. The smallest absolute Gasteiger partial charge is 0.187 e. The number of hydrogen-bond acceptors (Lipinski definition) is 4. The van der Waals surface area contributed by atoms with Crippen molar-refractivity contribution < 1.29 is 19.8 Å². The van der Waals surface area contributed by atoms with Crippen LogP contribution in [0.3, 0.4) is 0 Å². The molecule has 0 unspecified atom stereocenters. The minimum atomic E-state index is -0.435. The predicted octanol–water partition coefficient (Wildman–Crippen LogP) is 3.90. The van der Waals surface area contributed by atoms with E-state index in [-0.39, 0.29) is 39.6 Å². The van der Waals surface area contributed by atoms with E-state index in [1.165, 1.54) is 24.3 Å². The topological polar surface area (TPSA) is 74.6 Å². The second-order valence-corrected chi connectivity index (χ2v) is 8.23. The molecule has 0 bridgehead atoms. The Kier molecular flexibility index (Phi) is 4.21. The first-order valence-corrected chi connectivity index (χ1v) is 7.91. The van der Waals surface area contributed by atoms with Gasteiger partial charge < -0.3 is 10.2 Å². The lowest BCUT2D eigenvalue weighted by molar-refractivity contribution is -0.114. The Balaban J connectivity index is 2.54. The minimum absolute atomic E-state index is 0.0120. The molecule has 0 amide bonds. The van der Waals surface area contributed by atoms with Gasteiger partial charge in [0, 0.05) is 22.3 Å². The predicted molar refractivity (Wildman–Crippen MR) is 94.0 cm³/mol. The van der Waals surface area contributed by atoms with Crippen LogP contribution in [0.1, 0.15) is 52.7 Å². The number of hydrogen-bond donors (Lipinski definition) is 2. The van der Waals surface area contributed by atoms with Gasteiger partial charge in [0.2, 0.25) is 0 Å². The van der Waals surface area contributed by atoms with Crippen molar-refractivity contribution in [3.8, 4) is 11.5 Å². The molecule has 4 nitrogen and oxygen atoms in total. The van der Waals surface area contributed by atoms with E-state index in [1.807, 2.05) is 41.5 Å². The fourth-order valence-electron chi connectivity index (χ4n) is 2.75. The van der Waals surface area contributed by atoms with E-state index < -0.39 is 5.41 Å². The van der Waals surface area contributed by atoms with Crippen LogP contribution in [0.2, 0.25) is 0 Å². The lowest BCUT2D eigenvalue weighted by Gasteiger charge is -2.25. The molecule has 24 heavy (non-hydrogen) atoms. The summed E-state index contributed by atoms with van der Waals surface area (Å²) in [5.74, 6) is -0.742. The summed E-state index contributed by atoms with van der Waals surface area (Å²) in [7, 11) is 0. The fraction of sp³-hybridized carbons (Fsp3) is 0.400.